The summed E-state index contributed by atoms with van der Waals surface area (Å²) in [6.07, 6.45) is 1.82. The highest BCUT2D eigenvalue weighted by Gasteiger charge is 2.37. The normalized spacial score (nSPS) is 20.5. The zero-order chi connectivity index (χ0) is 24.9. The van der Waals surface area contributed by atoms with E-state index in [2.05, 4.69) is 4.90 Å². The molecule has 3 aromatic rings. The molecule has 7 heteroatoms. The molecule has 3 heterocycles. The molecule has 3 aliphatic heterocycles. The lowest BCUT2D eigenvalue weighted by atomic mass is 9.86. The van der Waals surface area contributed by atoms with Gasteiger partial charge in [0, 0.05) is 12.2 Å². The van der Waals surface area contributed by atoms with Crippen molar-refractivity contribution in [1.82, 2.24) is 4.90 Å². The lowest BCUT2D eigenvalue weighted by Gasteiger charge is -2.44. The molecular weight excluding hydrogens is 456 g/mol. The molecule has 2 bridgehead atoms. The highest BCUT2D eigenvalue weighted by atomic mass is 16.6. The largest absolute Gasteiger partial charge is 0.489 e. The number of piperidine rings is 3. The molecule has 6 rings (SSSR count). The van der Waals surface area contributed by atoms with Gasteiger partial charge in [0.2, 0.25) is 0 Å². The molecule has 0 aliphatic carbocycles. The SMILES string of the molecule is O=C(O)c1ccc(COc2ccc(CN(C(=O)O[C@H]3CN4CCC3CC4)c3ccccc3)cc2)cc1. The van der Waals surface area contributed by atoms with Crippen molar-refractivity contribution in [2.24, 2.45) is 5.92 Å². The van der Waals surface area contributed by atoms with Gasteiger partial charge in [-0.1, -0.05) is 42.5 Å². The van der Waals surface area contributed by atoms with Crippen LogP contribution < -0.4 is 9.64 Å². The van der Waals surface area contributed by atoms with E-state index in [0.29, 0.717) is 24.8 Å². The molecule has 1 N–H and O–H groups in total. The van der Waals surface area contributed by atoms with Crippen molar-refractivity contribution < 1.29 is 24.2 Å². The van der Waals surface area contributed by atoms with Gasteiger partial charge in [-0.3, -0.25) is 9.80 Å². The Morgan fingerprint density at radius 3 is 2.17 bits per heavy atom. The molecule has 3 fully saturated rings. The number of fused-ring (bicyclic) bond motifs is 3. The number of para-hydroxylation sites is 1. The fourth-order valence-electron chi connectivity index (χ4n) is 4.89. The number of carboxylic acid groups (broad SMARTS) is 1. The van der Waals surface area contributed by atoms with Crippen molar-refractivity contribution in [3.63, 3.8) is 0 Å². The summed E-state index contributed by atoms with van der Waals surface area (Å²) in [7, 11) is 0. The second-order valence-electron chi connectivity index (χ2n) is 9.42. The lowest BCUT2D eigenvalue weighted by Crippen LogP contribution is -2.53. The summed E-state index contributed by atoms with van der Waals surface area (Å²) in [5, 5.41) is 9.02. The second kappa shape index (κ2) is 10.8. The molecule has 3 aromatic carbocycles. The summed E-state index contributed by atoms with van der Waals surface area (Å²) in [6, 6.07) is 23.9. The van der Waals surface area contributed by atoms with Gasteiger partial charge < -0.3 is 14.6 Å². The van der Waals surface area contributed by atoms with Gasteiger partial charge in [0.05, 0.1) is 12.1 Å². The summed E-state index contributed by atoms with van der Waals surface area (Å²) in [5.41, 5.74) is 2.89. The third-order valence-corrected chi connectivity index (χ3v) is 7.01. The number of carboxylic acids is 1. The van der Waals surface area contributed by atoms with Gasteiger partial charge in [-0.25, -0.2) is 9.59 Å². The van der Waals surface area contributed by atoms with Crippen LogP contribution in [0.1, 0.15) is 34.3 Å². The smallest absolute Gasteiger partial charge is 0.414 e. The number of hydrogen-bond acceptors (Lipinski definition) is 5. The monoisotopic (exact) mass is 486 g/mol. The van der Waals surface area contributed by atoms with Crippen LogP contribution in [0.5, 0.6) is 5.75 Å². The van der Waals surface area contributed by atoms with E-state index in [1.807, 2.05) is 54.6 Å². The zero-order valence-corrected chi connectivity index (χ0v) is 20.1. The third kappa shape index (κ3) is 5.69. The molecule has 186 valence electrons. The van der Waals surface area contributed by atoms with E-state index >= 15 is 0 Å². The van der Waals surface area contributed by atoms with Crippen molar-refractivity contribution in [1.29, 1.82) is 0 Å². The Hall–Kier alpha value is -3.84. The second-order valence-corrected chi connectivity index (χ2v) is 9.42. The number of rotatable bonds is 8. The number of carbonyl (C=O) groups excluding carboxylic acids is 1. The van der Waals surface area contributed by atoms with E-state index in [1.165, 1.54) is 0 Å². The van der Waals surface area contributed by atoms with E-state index in [4.69, 9.17) is 14.6 Å². The number of ether oxygens (including phenoxy) is 2. The van der Waals surface area contributed by atoms with Gasteiger partial charge >= 0.3 is 12.1 Å². The van der Waals surface area contributed by atoms with Crippen LogP contribution in [0.3, 0.4) is 0 Å². The quantitative estimate of drug-likeness (QED) is 0.471. The molecule has 0 spiro atoms. The van der Waals surface area contributed by atoms with Crippen LogP contribution in [-0.4, -0.2) is 47.8 Å². The first-order valence-corrected chi connectivity index (χ1v) is 12.3. The predicted octanol–water partition coefficient (Wildman–Crippen LogP) is 5.20. The Bertz CT molecular complexity index is 1170. The Labute approximate surface area is 210 Å². The molecule has 7 nitrogen and oxygen atoms in total. The average molecular weight is 487 g/mol. The predicted molar refractivity (Wildman–Crippen MR) is 136 cm³/mol. The van der Waals surface area contributed by atoms with Crippen LogP contribution in [0.15, 0.2) is 78.9 Å². The average Bonchev–Trinajstić information content (AvgIpc) is 2.92. The molecule has 0 saturated carbocycles. The highest BCUT2D eigenvalue weighted by molar-refractivity contribution is 5.88. The number of anilines is 1. The van der Waals surface area contributed by atoms with E-state index in [9.17, 15) is 9.59 Å². The Morgan fingerprint density at radius 1 is 0.889 bits per heavy atom. The molecule has 0 radical (unpaired) electrons. The maximum Gasteiger partial charge on any atom is 0.414 e. The lowest BCUT2D eigenvalue weighted by molar-refractivity contribution is -0.0311. The fraction of sp³-hybridized carbons (Fsp3) is 0.310. The van der Waals surface area contributed by atoms with Crippen molar-refractivity contribution in [3.05, 3.63) is 95.6 Å². The minimum atomic E-state index is -0.949. The fourth-order valence-corrected chi connectivity index (χ4v) is 4.89. The summed E-state index contributed by atoms with van der Waals surface area (Å²) in [5.74, 6) is 0.200. The summed E-state index contributed by atoms with van der Waals surface area (Å²) in [6.45, 7) is 3.75. The number of carbonyl (C=O) groups is 2. The molecule has 3 aliphatic rings. The molecule has 1 atom stereocenters. The first-order valence-electron chi connectivity index (χ1n) is 12.3. The molecule has 36 heavy (non-hydrogen) atoms. The van der Waals surface area contributed by atoms with E-state index in [1.54, 1.807) is 29.2 Å². The molecule has 1 amide bonds. The molecular formula is C29H30N2O5. The van der Waals surface area contributed by atoms with Crippen LogP contribution in [0.2, 0.25) is 0 Å². The van der Waals surface area contributed by atoms with Crippen LogP contribution in [-0.2, 0) is 17.9 Å². The van der Waals surface area contributed by atoms with Gasteiger partial charge in [0.15, 0.2) is 0 Å². The van der Waals surface area contributed by atoms with Crippen molar-refractivity contribution in [2.45, 2.75) is 32.1 Å². The molecule has 0 unspecified atom stereocenters. The van der Waals surface area contributed by atoms with E-state index in [-0.39, 0.29) is 17.8 Å². The van der Waals surface area contributed by atoms with Crippen LogP contribution in [0, 0.1) is 5.92 Å². The topological polar surface area (TPSA) is 79.3 Å². The summed E-state index contributed by atoms with van der Waals surface area (Å²) in [4.78, 5) is 28.4. The zero-order valence-electron chi connectivity index (χ0n) is 20.1. The molecule has 0 aromatic heterocycles. The van der Waals surface area contributed by atoms with E-state index in [0.717, 1.165) is 49.3 Å². The highest BCUT2D eigenvalue weighted by Crippen LogP contribution is 2.31. The van der Waals surface area contributed by atoms with Crippen LogP contribution in [0.25, 0.3) is 0 Å². The third-order valence-electron chi connectivity index (χ3n) is 7.01. The minimum Gasteiger partial charge on any atom is -0.489 e. The Balaban J connectivity index is 1.23. The number of hydrogen-bond donors (Lipinski definition) is 1. The Kier molecular flexibility index (Phi) is 7.18. The van der Waals surface area contributed by atoms with Crippen molar-refractivity contribution >= 4 is 17.7 Å². The Morgan fingerprint density at radius 2 is 1.56 bits per heavy atom. The number of nitrogens with zero attached hydrogens (tertiary/aromatic N) is 2. The minimum absolute atomic E-state index is 0.0495. The van der Waals surface area contributed by atoms with Gasteiger partial charge in [0.1, 0.15) is 18.5 Å². The van der Waals surface area contributed by atoms with Crippen molar-refractivity contribution in [3.8, 4) is 5.75 Å². The number of amides is 1. The van der Waals surface area contributed by atoms with Crippen LogP contribution >= 0.6 is 0 Å². The first-order chi connectivity index (χ1) is 17.5. The maximum absolute atomic E-state index is 13.3. The maximum atomic E-state index is 13.3. The van der Waals surface area contributed by atoms with Gasteiger partial charge in [-0.15, -0.1) is 0 Å². The first kappa shape index (κ1) is 23.9. The van der Waals surface area contributed by atoms with Crippen LogP contribution in [0.4, 0.5) is 10.5 Å². The number of aromatic carboxylic acids is 1. The van der Waals surface area contributed by atoms with E-state index < -0.39 is 5.97 Å². The van der Waals surface area contributed by atoms with Crippen molar-refractivity contribution in [2.75, 3.05) is 24.5 Å². The van der Waals surface area contributed by atoms with Gasteiger partial charge in [-0.05, 0) is 79.4 Å². The summed E-state index contributed by atoms with van der Waals surface area (Å²) < 4.78 is 11.9. The van der Waals surface area contributed by atoms with Gasteiger partial charge in [0.25, 0.3) is 0 Å². The summed E-state index contributed by atoms with van der Waals surface area (Å²) >= 11 is 0. The number of benzene rings is 3. The van der Waals surface area contributed by atoms with Gasteiger partial charge in [-0.2, -0.15) is 0 Å². The standard InChI is InChI=1S/C29H30N2O5/c32-28(33)24-10-6-22(7-11-24)20-35-26-12-8-21(9-13-26)18-31(25-4-2-1-3-5-25)29(34)36-27-19-30-16-14-23(27)15-17-30/h1-13,23,27H,14-20H2,(H,32,33)/t27-/m0/s1. The molecule has 3 saturated heterocycles.